The number of hydrogen-bond donors (Lipinski definition) is 2. The second-order valence-electron chi connectivity index (χ2n) is 6.75. The SMILES string of the molecule is COC(=O)c1c(-c2ccccc2Cl)csc1NC(=O)c1cc2cc([N+](=O)[O-])ccc2oc1=N. The number of nitro benzene ring substituents is 1. The Bertz CT molecular complexity index is 1490. The van der Waals surface area contributed by atoms with Crippen molar-refractivity contribution in [1.82, 2.24) is 0 Å². The Morgan fingerprint density at radius 3 is 2.64 bits per heavy atom. The fraction of sp³-hybridized carbons (Fsp3) is 0.0455. The Hall–Kier alpha value is -4.02. The highest BCUT2D eigenvalue weighted by molar-refractivity contribution is 7.15. The molecule has 33 heavy (non-hydrogen) atoms. The first-order valence-electron chi connectivity index (χ1n) is 9.33. The lowest BCUT2D eigenvalue weighted by molar-refractivity contribution is -0.384. The van der Waals surface area contributed by atoms with E-state index < -0.39 is 22.4 Å². The number of non-ortho nitro benzene ring substituents is 1. The molecule has 1 amide bonds. The molecule has 0 spiro atoms. The predicted octanol–water partition coefficient (Wildman–Crippen LogP) is 5.24. The molecule has 4 aromatic rings. The quantitative estimate of drug-likeness (QED) is 0.226. The first-order valence-corrected chi connectivity index (χ1v) is 10.6. The maximum Gasteiger partial charge on any atom is 0.341 e. The third-order valence-corrected chi connectivity index (χ3v) is 6.00. The highest BCUT2D eigenvalue weighted by Gasteiger charge is 2.24. The van der Waals surface area contributed by atoms with E-state index in [-0.39, 0.29) is 32.8 Å². The Morgan fingerprint density at radius 1 is 1.18 bits per heavy atom. The van der Waals surface area contributed by atoms with Crippen LogP contribution in [-0.2, 0) is 4.74 Å². The lowest BCUT2D eigenvalue weighted by Crippen LogP contribution is -2.21. The molecule has 0 unspecified atom stereocenters. The monoisotopic (exact) mass is 483 g/mol. The van der Waals surface area contributed by atoms with Gasteiger partial charge in [-0.3, -0.25) is 20.3 Å². The number of nitrogens with zero attached hydrogens (tertiary/aromatic N) is 1. The van der Waals surface area contributed by atoms with E-state index in [1.807, 2.05) is 0 Å². The van der Waals surface area contributed by atoms with Crippen molar-refractivity contribution in [2.45, 2.75) is 0 Å². The minimum absolute atomic E-state index is 0.115. The van der Waals surface area contributed by atoms with Crippen molar-refractivity contribution in [2.75, 3.05) is 12.4 Å². The van der Waals surface area contributed by atoms with E-state index >= 15 is 0 Å². The van der Waals surface area contributed by atoms with Crippen molar-refractivity contribution in [3.63, 3.8) is 0 Å². The van der Waals surface area contributed by atoms with Gasteiger partial charge in [0.1, 0.15) is 21.7 Å². The van der Waals surface area contributed by atoms with Crippen molar-refractivity contribution in [2.24, 2.45) is 0 Å². The summed E-state index contributed by atoms with van der Waals surface area (Å²) in [5, 5.41) is 24.3. The first kappa shape index (κ1) is 22.2. The Labute approximate surface area is 194 Å². The normalized spacial score (nSPS) is 10.7. The van der Waals surface area contributed by atoms with Crippen molar-refractivity contribution < 1.29 is 23.7 Å². The van der Waals surface area contributed by atoms with Crippen LogP contribution in [0.25, 0.3) is 22.1 Å². The van der Waals surface area contributed by atoms with Gasteiger partial charge in [-0.05, 0) is 18.2 Å². The zero-order valence-corrected chi connectivity index (χ0v) is 18.5. The number of benzene rings is 2. The van der Waals surface area contributed by atoms with Crippen LogP contribution >= 0.6 is 22.9 Å². The van der Waals surface area contributed by atoms with Crippen LogP contribution in [0, 0.1) is 15.5 Å². The molecule has 0 aliphatic rings. The van der Waals surface area contributed by atoms with E-state index in [4.69, 9.17) is 26.2 Å². The van der Waals surface area contributed by atoms with Crippen molar-refractivity contribution >= 4 is 56.5 Å². The molecular formula is C22H14ClN3O6S. The minimum Gasteiger partial charge on any atom is -0.465 e. The number of amides is 1. The van der Waals surface area contributed by atoms with E-state index in [1.165, 1.54) is 31.4 Å². The number of nitrogens with one attached hydrogen (secondary N) is 2. The number of ether oxygens (including phenoxy) is 1. The van der Waals surface area contributed by atoms with Gasteiger partial charge in [0.2, 0.25) is 5.55 Å². The highest BCUT2D eigenvalue weighted by Crippen LogP contribution is 2.39. The number of anilines is 1. The van der Waals surface area contributed by atoms with Crippen molar-refractivity contribution in [3.05, 3.63) is 85.7 Å². The summed E-state index contributed by atoms with van der Waals surface area (Å²) in [4.78, 5) is 36.0. The number of hydrogen-bond acceptors (Lipinski definition) is 8. The maximum atomic E-state index is 13.0. The summed E-state index contributed by atoms with van der Waals surface area (Å²) in [5.74, 6) is -1.40. The third kappa shape index (κ3) is 4.21. The smallest absolute Gasteiger partial charge is 0.341 e. The van der Waals surface area contributed by atoms with Gasteiger partial charge in [0.25, 0.3) is 11.6 Å². The van der Waals surface area contributed by atoms with Gasteiger partial charge in [0.15, 0.2) is 0 Å². The molecule has 0 bridgehead atoms. The van der Waals surface area contributed by atoms with E-state index in [0.717, 1.165) is 11.3 Å². The molecule has 0 radical (unpaired) electrons. The molecular weight excluding hydrogens is 470 g/mol. The average molecular weight is 484 g/mol. The minimum atomic E-state index is -0.727. The lowest BCUT2D eigenvalue weighted by atomic mass is 10.0. The van der Waals surface area contributed by atoms with Crippen LogP contribution in [0.3, 0.4) is 0 Å². The van der Waals surface area contributed by atoms with Gasteiger partial charge in [0, 0.05) is 39.0 Å². The van der Waals surface area contributed by atoms with Crippen LogP contribution in [-0.4, -0.2) is 23.9 Å². The summed E-state index contributed by atoms with van der Waals surface area (Å²) in [7, 11) is 1.22. The van der Waals surface area contributed by atoms with E-state index in [9.17, 15) is 19.7 Å². The molecule has 2 heterocycles. The molecule has 0 aliphatic carbocycles. The maximum absolute atomic E-state index is 13.0. The zero-order chi connectivity index (χ0) is 23.7. The Kier molecular flexibility index (Phi) is 5.95. The van der Waals surface area contributed by atoms with Gasteiger partial charge in [-0.25, -0.2) is 4.79 Å². The highest BCUT2D eigenvalue weighted by atomic mass is 35.5. The number of carbonyl (C=O) groups excluding carboxylic acids is 2. The molecule has 2 aromatic heterocycles. The van der Waals surface area contributed by atoms with Crippen LogP contribution in [0.15, 0.2) is 58.3 Å². The van der Waals surface area contributed by atoms with Crippen LogP contribution in [0.5, 0.6) is 0 Å². The van der Waals surface area contributed by atoms with Gasteiger partial charge in [0.05, 0.1) is 12.0 Å². The molecule has 9 nitrogen and oxygen atoms in total. The lowest BCUT2D eigenvalue weighted by Gasteiger charge is -2.09. The second kappa shape index (κ2) is 8.85. The fourth-order valence-electron chi connectivity index (χ4n) is 3.21. The third-order valence-electron chi connectivity index (χ3n) is 4.78. The number of methoxy groups -OCH3 is 1. The molecule has 11 heteroatoms. The van der Waals surface area contributed by atoms with Gasteiger partial charge in [-0.2, -0.15) is 0 Å². The standard InChI is InChI=1S/C22H14ClN3O6S/c1-31-22(28)18-15(13-4-2-3-5-16(13)23)10-33-21(18)25-20(27)14-9-11-8-12(26(29)30)6-7-17(11)32-19(14)24/h2-10,24H,1H3,(H,25,27). The number of halogens is 1. The summed E-state index contributed by atoms with van der Waals surface area (Å²) < 4.78 is 10.2. The average Bonchev–Trinajstić information content (AvgIpc) is 3.21. The fourth-order valence-corrected chi connectivity index (χ4v) is 4.39. The molecule has 166 valence electrons. The number of thiophene rings is 1. The number of rotatable bonds is 5. The molecule has 2 N–H and O–H groups in total. The summed E-state index contributed by atoms with van der Waals surface area (Å²) >= 11 is 7.37. The van der Waals surface area contributed by atoms with E-state index in [1.54, 1.807) is 29.6 Å². The Morgan fingerprint density at radius 2 is 1.94 bits per heavy atom. The number of fused-ring (bicyclic) bond motifs is 1. The zero-order valence-electron chi connectivity index (χ0n) is 16.9. The Balaban J connectivity index is 1.76. The summed E-state index contributed by atoms with van der Waals surface area (Å²) in [6, 6.07) is 12.1. The van der Waals surface area contributed by atoms with Crippen LogP contribution < -0.4 is 10.9 Å². The van der Waals surface area contributed by atoms with Gasteiger partial charge in [-0.15, -0.1) is 11.3 Å². The number of esters is 1. The number of nitro groups is 1. The molecule has 0 saturated carbocycles. The van der Waals surface area contributed by atoms with Gasteiger partial charge in [-0.1, -0.05) is 29.8 Å². The van der Waals surface area contributed by atoms with Crippen LogP contribution in [0.4, 0.5) is 10.7 Å². The second-order valence-corrected chi connectivity index (χ2v) is 8.03. The number of carbonyl (C=O) groups is 2. The van der Waals surface area contributed by atoms with Crippen LogP contribution in [0.1, 0.15) is 20.7 Å². The van der Waals surface area contributed by atoms with Crippen molar-refractivity contribution in [3.8, 4) is 11.1 Å². The molecule has 0 fully saturated rings. The van der Waals surface area contributed by atoms with Gasteiger partial charge < -0.3 is 14.5 Å². The predicted molar refractivity (Wildman–Crippen MR) is 123 cm³/mol. The molecule has 4 rings (SSSR count). The van der Waals surface area contributed by atoms with E-state index in [0.29, 0.717) is 16.1 Å². The van der Waals surface area contributed by atoms with Crippen molar-refractivity contribution in [1.29, 1.82) is 5.41 Å². The molecule has 0 atom stereocenters. The first-order chi connectivity index (χ1) is 15.8. The van der Waals surface area contributed by atoms with Gasteiger partial charge >= 0.3 is 5.97 Å². The topological polar surface area (TPSA) is 136 Å². The molecule has 2 aromatic carbocycles. The summed E-state index contributed by atoms with van der Waals surface area (Å²) in [6.45, 7) is 0. The summed E-state index contributed by atoms with van der Waals surface area (Å²) in [6.07, 6.45) is 0. The molecule has 0 saturated heterocycles. The van der Waals surface area contributed by atoms with E-state index in [2.05, 4.69) is 5.32 Å². The van der Waals surface area contributed by atoms with Crippen LogP contribution in [0.2, 0.25) is 5.02 Å². The summed E-state index contributed by atoms with van der Waals surface area (Å²) in [5.41, 5.74) is 0.627. The largest absolute Gasteiger partial charge is 0.465 e. The molecule has 0 aliphatic heterocycles.